The molecule has 35 heavy (non-hydrogen) atoms. The van der Waals surface area contributed by atoms with Crippen LogP contribution in [0, 0.1) is 0 Å². The van der Waals surface area contributed by atoms with Gasteiger partial charge in [-0.15, -0.1) is 0 Å². The Morgan fingerprint density at radius 2 is 1.86 bits per heavy atom. The molecule has 4 aromatic rings. The normalized spacial score (nSPS) is 11.1. The molecule has 2 aromatic heterocycles. The van der Waals surface area contributed by atoms with Gasteiger partial charge in [0, 0.05) is 36.9 Å². The maximum Gasteiger partial charge on any atom is 0.272 e. The molecule has 0 aliphatic rings. The molecule has 0 spiro atoms. The Morgan fingerprint density at radius 1 is 1.09 bits per heavy atom. The number of aryl methyl sites for hydroxylation is 1. The highest BCUT2D eigenvalue weighted by Gasteiger charge is 2.11. The minimum absolute atomic E-state index is 0.0902. The zero-order valence-corrected chi connectivity index (χ0v) is 19.7. The summed E-state index contributed by atoms with van der Waals surface area (Å²) in [6.07, 6.45) is 1.41. The summed E-state index contributed by atoms with van der Waals surface area (Å²) < 4.78 is 10.9. The molecule has 0 unspecified atom stereocenters. The topological polar surface area (TPSA) is 135 Å². The summed E-state index contributed by atoms with van der Waals surface area (Å²) in [6, 6.07) is 14.8. The molecule has 2 heterocycles. The van der Waals surface area contributed by atoms with Crippen molar-refractivity contribution in [1.82, 2.24) is 25.7 Å². The molecule has 1 amide bonds. The van der Waals surface area contributed by atoms with E-state index in [2.05, 4.69) is 31.0 Å². The third-order valence-corrected chi connectivity index (χ3v) is 5.18. The smallest absolute Gasteiger partial charge is 0.272 e. The maximum absolute atomic E-state index is 12.2. The summed E-state index contributed by atoms with van der Waals surface area (Å²) in [7, 11) is 0. The Kier molecular flexibility index (Phi) is 7.71. The SMILES string of the molecule is CC(C)Oc1ccc(-c2noc(CCC(=O)NCCCNc3n[nH]c(=O)c4ccccc34)n2)cc1. The second kappa shape index (κ2) is 11.3. The highest BCUT2D eigenvalue weighted by Crippen LogP contribution is 2.21. The number of nitrogens with zero attached hydrogens (tertiary/aromatic N) is 3. The van der Waals surface area contributed by atoms with Gasteiger partial charge in [-0.2, -0.15) is 10.1 Å². The molecule has 0 radical (unpaired) electrons. The minimum atomic E-state index is -0.221. The molecule has 0 aliphatic heterocycles. The predicted octanol–water partition coefficient (Wildman–Crippen LogP) is 3.31. The number of carbonyl (C=O) groups excluding carboxylic acids is 1. The molecule has 0 atom stereocenters. The molecular weight excluding hydrogens is 448 g/mol. The number of amides is 1. The first-order valence-corrected chi connectivity index (χ1v) is 11.6. The fraction of sp³-hybridized carbons (Fsp3) is 0.320. The van der Waals surface area contributed by atoms with E-state index in [4.69, 9.17) is 9.26 Å². The Bertz CT molecular complexity index is 1330. The first kappa shape index (κ1) is 23.9. The van der Waals surface area contributed by atoms with Crippen molar-refractivity contribution in [3.63, 3.8) is 0 Å². The summed E-state index contributed by atoms with van der Waals surface area (Å²) in [6.45, 7) is 5.05. The van der Waals surface area contributed by atoms with E-state index in [0.29, 0.717) is 48.9 Å². The molecule has 2 aromatic carbocycles. The van der Waals surface area contributed by atoms with Crippen molar-refractivity contribution in [2.75, 3.05) is 18.4 Å². The van der Waals surface area contributed by atoms with Crippen LogP contribution in [-0.2, 0) is 11.2 Å². The van der Waals surface area contributed by atoms with Crippen molar-refractivity contribution in [1.29, 1.82) is 0 Å². The number of fused-ring (bicyclic) bond motifs is 1. The van der Waals surface area contributed by atoms with Crippen LogP contribution in [0.5, 0.6) is 5.75 Å². The lowest BCUT2D eigenvalue weighted by atomic mass is 10.2. The highest BCUT2D eigenvalue weighted by molar-refractivity contribution is 5.90. The standard InChI is InChI=1S/C25H28N6O4/c1-16(2)34-18-10-8-17(9-11-18)23-28-22(35-31-23)13-12-21(32)26-14-5-15-27-24-19-6-3-4-7-20(19)25(33)30-29-24/h3-4,6-11,16H,5,12-15H2,1-2H3,(H,26,32)(H,27,29)(H,30,33). The number of rotatable bonds is 11. The quantitative estimate of drug-likeness (QED) is 0.281. The van der Waals surface area contributed by atoms with Crippen molar-refractivity contribution >= 4 is 22.5 Å². The van der Waals surface area contributed by atoms with E-state index in [-0.39, 0.29) is 24.0 Å². The van der Waals surface area contributed by atoms with Crippen LogP contribution in [0.1, 0.15) is 32.6 Å². The first-order chi connectivity index (χ1) is 17.0. The van der Waals surface area contributed by atoms with Crippen LogP contribution in [0.25, 0.3) is 22.2 Å². The highest BCUT2D eigenvalue weighted by atomic mass is 16.5. The van der Waals surface area contributed by atoms with Gasteiger partial charge in [-0.1, -0.05) is 23.4 Å². The summed E-state index contributed by atoms with van der Waals surface area (Å²) in [4.78, 5) is 28.4. The molecule has 182 valence electrons. The van der Waals surface area contributed by atoms with Gasteiger partial charge in [0.15, 0.2) is 5.82 Å². The van der Waals surface area contributed by atoms with Crippen molar-refractivity contribution in [2.24, 2.45) is 0 Å². The summed E-state index contributed by atoms with van der Waals surface area (Å²) in [5.41, 5.74) is 0.596. The fourth-order valence-corrected chi connectivity index (χ4v) is 3.51. The lowest BCUT2D eigenvalue weighted by molar-refractivity contribution is -0.121. The van der Waals surface area contributed by atoms with Crippen molar-refractivity contribution in [3.8, 4) is 17.1 Å². The molecule has 0 aliphatic carbocycles. The number of H-pyrrole nitrogens is 1. The number of anilines is 1. The van der Waals surface area contributed by atoms with Crippen LogP contribution >= 0.6 is 0 Å². The number of aromatic amines is 1. The van der Waals surface area contributed by atoms with E-state index >= 15 is 0 Å². The van der Waals surface area contributed by atoms with Crippen LogP contribution in [-0.4, -0.2) is 45.4 Å². The van der Waals surface area contributed by atoms with Crippen LogP contribution in [0.15, 0.2) is 57.8 Å². The molecule has 0 bridgehead atoms. The molecule has 3 N–H and O–H groups in total. The van der Waals surface area contributed by atoms with Crippen LogP contribution in [0.3, 0.4) is 0 Å². The number of hydrogen-bond donors (Lipinski definition) is 3. The largest absolute Gasteiger partial charge is 0.491 e. The van der Waals surface area contributed by atoms with E-state index in [9.17, 15) is 9.59 Å². The molecule has 0 saturated heterocycles. The molecule has 4 rings (SSSR count). The maximum atomic E-state index is 12.2. The molecule has 10 heteroatoms. The molecule has 0 fully saturated rings. The molecule has 0 saturated carbocycles. The first-order valence-electron chi connectivity index (χ1n) is 11.6. The van der Waals surface area contributed by atoms with Crippen LogP contribution in [0.4, 0.5) is 5.82 Å². The average molecular weight is 477 g/mol. The van der Waals surface area contributed by atoms with E-state index in [1.54, 1.807) is 6.07 Å². The number of nitrogens with one attached hydrogen (secondary N) is 3. The van der Waals surface area contributed by atoms with Crippen molar-refractivity contribution in [3.05, 3.63) is 64.8 Å². The second-order valence-corrected chi connectivity index (χ2v) is 8.28. The Hall–Kier alpha value is -4.21. The fourth-order valence-electron chi connectivity index (χ4n) is 3.51. The zero-order valence-electron chi connectivity index (χ0n) is 19.7. The van der Waals surface area contributed by atoms with Gasteiger partial charge < -0.3 is 19.9 Å². The van der Waals surface area contributed by atoms with E-state index in [0.717, 1.165) is 16.7 Å². The van der Waals surface area contributed by atoms with Gasteiger partial charge in [-0.25, -0.2) is 5.10 Å². The summed E-state index contributed by atoms with van der Waals surface area (Å²) >= 11 is 0. The zero-order chi connectivity index (χ0) is 24.6. The van der Waals surface area contributed by atoms with Gasteiger partial charge in [0.05, 0.1) is 11.5 Å². The predicted molar refractivity (Wildman–Crippen MR) is 132 cm³/mol. The minimum Gasteiger partial charge on any atom is -0.491 e. The number of hydrogen-bond acceptors (Lipinski definition) is 8. The van der Waals surface area contributed by atoms with Gasteiger partial charge in [0.25, 0.3) is 5.56 Å². The summed E-state index contributed by atoms with van der Waals surface area (Å²) in [5, 5.41) is 18.0. The van der Waals surface area contributed by atoms with Crippen LogP contribution in [0.2, 0.25) is 0 Å². The lowest BCUT2D eigenvalue weighted by Gasteiger charge is -2.09. The van der Waals surface area contributed by atoms with Gasteiger partial charge in [0.2, 0.25) is 17.6 Å². The van der Waals surface area contributed by atoms with E-state index in [1.807, 2.05) is 56.3 Å². The van der Waals surface area contributed by atoms with Gasteiger partial charge in [-0.05, 0) is 50.6 Å². The monoisotopic (exact) mass is 476 g/mol. The van der Waals surface area contributed by atoms with Crippen molar-refractivity contribution < 1.29 is 14.1 Å². The van der Waals surface area contributed by atoms with E-state index in [1.165, 1.54) is 0 Å². The third kappa shape index (κ3) is 6.44. The van der Waals surface area contributed by atoms with Crippen molar-refractivity contribution in [2.45, 2.75) is 39.2 Å². The lowest BCUT2D eigenvalue weighted by Crippen LogP contribution is -2.26. The summed E-state index contributed by atoms with van der Waals surface area (Å²) in [5.74, 6) is 2.19. The Balaban J connectivity index is 1.18. The third-order valence-electron chi connectivity index (χ3n) is 5.18. The number of carbonyl (C=O) groups is 1. The number of ether oxygens (including phenoxy) is 1. The number of benzene rings is 2. The van der Waals surface area contributed by atoms with E-state index < -0.39 is 0 Å². The Labute approximate surface area is 202 Å². The van der Waals surface area contributed by atoms with Gasteiger partial charge in [0.1, 0.15) is 5.75 Å². The van der Waals surface area contributed by atoms with Gasteiger partial charge in [-0.3, -0.25) is 9.59 Å². The number of aromatic nitrogens is 4. The molecular formula is C25H28N6O4. The van der Waals surface area contributed by atoms with Gasteiger partial charge >= 0.3 is 0 Å². The average Bonchev–Trinajstić information content (AvgIpc) is 3.33. The molecule has 10 nitrogen and oxygen atoms in total. The Morgan fingerprint density at radius 3 is 2.63 bits per heavy atom. The van der Waals surface area contributed by atoms with Crippen LogP contribution < -0.4 is 20.9 Å². The second-order valence-electron chi connectivity index (χ2n) is 8.28.